The van der Waals surface area contributed by atoms with E-state index in [-0.39, 0.29) is 0 Å². The van der Waals surface area contributed by atoms with E-state index in [1.54, 1.807) is 17.4 Å². The predicted molar refractivity (Wildman–Crippen MR) is 50.2 cm³/mol. The van der Waals surface area contributed by atoms with Gasteiger partial charge in [0, 0.05) is 20.8 Å². The van der Waals surface area contributed by atoms with Gasteiger partial charge in [-0.15, -0.1) is 11.3 Å². The largest absolute Gasteiger partial charge is 0.366 e. The second-order valence-electron chi connectivity index (χ2n) is 1.90. The molecule has 0 aliphatic rings. The molecule has 1 heterocycles. The average molecular weight is 232 g/mol. The van der Waals surface area contributed by atoms with Crippen LogP contribution >= 0.6 is 27.3 Å². The van der Waals surface area contributed by atoms with Crippen molar-refractivity contribution in [1.29, 1.82) is 0 Å². The van der Waals surface area contributed by atoms with Gasteiger partial charge < -0.3 is 5.73 Å². The molecule has 2 N–H and O–H groups in total. The minimum absolute atomic E-state index is 0.422. The molecular formula is C7H6BrNOS. The summed E-state index contributed by atoms with van der Waals surface area (Å²) in [6.45, 7) is 0. The van der Waals surface area contributed by atoms with Crippen molar-refractivity contribution in [3.8, 4) is 0 Å². The fourth-order valence-corrected chi connectivity index (χ4v) is 1.92. The monoisotopic (exact) mass is 231 g/mol. The van der Waals surface area contributed by atoms with E-state index < -0.39 is 5.91 Å². The average Bonchev–Trinajstić information content (AvgIpc) is 2.31. The van der Waals surface area contributed by atoms with Crippen LogP contribution in [0.2, 0.25) is 0 Å². The highest BCUT2D eigenvalue weighted by Crippen LogP contribution is 2.20. The van der Waals surface area contributed by atoms with Crippen molar-refractivity contribution in [2.45, 2.75) is 0 Å². The topological polar surface area (TPSA) is 43.1 Å². The van der Waals surface area contributed by atoms with E-state index in [4.69, 9.17) is 5.73 Å². The van der Waals surface area contributed by atoms with Crippen LogP contribution in [-0.2, 0) is 4.79 Å². The second-order valence-corrected chi connectivity index (χ2v) is 3.76. The zero-order valence-electron chi connectivity index (χ0n) is 5.58. The molecule has 0 saturated carbocycles. The Morgan fingerprint density at radius 2 is 2.45 bits per heavy atom. The number of hydrogen-bond acceptors (Lipinski definition) is 2. The number of halogens is 1. The zero-order valence-corrected chi connectivity index (χ0v) is 7.98. The van der Waals surface area contributed by atoms with E-state index in [9.17, 15) is 4.79 Å². The fraction of sp³-hybridized carbons (Fsp3) is 0. The molecule has 11 heavy (non-hydrogen) atoms. The van der Waals surface area contributed by atoms with Crippen molar-refractivity contribution >= 4 is 39.2 Å². The van der Waals surface area contributed by atoms with Gasteiger partial charge in [0.1, 0.15) is 0 Å². The summed E-state index contributed by atoms with van der Waals surface area (Å²) < 4.78 is 1.02. The third kappa shape index (κ3) is 2.86. The Morgan fingerprint density at radius 1 is 1.73 bits per heavy atom. The van der Waals surface area contributed by atoms with Gasteiger partial charge in [-0.25, -0.2) is 0 Å². The summed E-state index contributed by atoms with van der Waals surface area (Å²) in [7, 11) is 0. The molecule has 0 fully saturated rings. The first-order chi connectivity index (χ1) is 5.18. The fourth-order valence-electron chi connectivity index (χ4n) is 0.580. The van der Waals surface area contributed by atoms with Crippen LogP contribution in [-0.4, -0.2) is 5.91 Å². The van der Waals surface area contributed by atoms with Gasteiger partial charge in [0.05, 0.1) is 0 Å². The molecule has 4 heteroatoms. The minimum atomic E-state index is -0.422. The number of nitrogens with two attached hydrogens (primary N) is 1. The summed E-state index contributed by atoms with van der Waals surface area (Å²) in [5.41, 5.74) is 4.91. The molecule has 0 radical (unpaired) electrons. The molecule has 1 rings (SSSR count). The van der Waals surface area contributed by atoms with E-state index in [1.807, 2.05) is 11.4 Å². The lowest BCUT2D eigenvalue weighted by Gasteiger charge is -1.80. The molecule has 0 aliphatic carbocycles. The molecule has 1 aromatic heterocycles. The number of amides is 1. The maximum absolute atomic E-state index is 10.3. The lowest BCUT2D eigenvalue weighted by Crippen LogP contribution is -2.04. The van der Waals surface area contributed by atoms with E-state index >= 15 is 0 Å². The van der Waals surface area contributed by atoms with E-state index in [1.165, 1.54) is 6.08 Å². The van der Waals surface area contributed by atoms with Gasteiger partial charge >= 0.3 is 0 Å². The molecule has 0 unspecified atom stereocenters. The molecule has 0 aromatic carbocycles. The summed E-state index contributed by atoms with van der Waals surface area (Å²) in [6, 6.07) is 1.92. The number of hydrogen-bond donors (Lipinski definition) is 1. The highest BCUT2D eigenvalue weighted by atomic mass is 79.9. The molecule has 1 amide bonds. The molecular weight excluding hydrogens is 226 g/mol. The van der Waals surface area contributed by atoms with E-state index in [2.05, 4.69) is 15.9 Å². The summed E-state index contributed by atoms with van der Waals surface area (Å²) >= 11 is 4.85. The molecule has 2 nitrogen and oxygen atoms in total. The smallest absolute Gasteiger partial charge is 0.241 e. The molecule has 0 bridgehead atoms. The minimum Gasteiger partial charge on any atom is -0.366 e. The van der Waals surface area contributed by atoms with Crippen molar-refractivity contribution < 1.29 is 4.79 Å². The molecule has 0 saturated heterocycles. The summed E-state index contributed by atoms with van der Waals surface area (Å²) in [5, 5.41) is 1.95. The molecule has 0 aliphatic heterocycles. The number of carbonyl (C=O) groups excluding carboxylic acids is 1. The lowest BCUT2D eigenvalue weighted by atomic mass is 10.4. The first-order valence-corrected chi connectivity index (χ1v) is 4.57. The lowest BCUT2D eigenvalue weighted by molar-refractivity contribution is -0.113. The van der Waals surface area contributed by atoms with Crippen molar-refractivity contribution in [2.75, 3.05) is 0 Å². The molecule has 58 valence electrons. The first-order valence-electron chi connectivity index (χ1n) is 2.90. The Morgan fingerprint density at radius 3 is 2.91 bits per heavy atom. The highest BCUT2D eigenvalue weighted by molar-refractivity contribution is 9.10. The Bertz CT molecular complexity index is 292. The Hall–Kier alpha value is -0.610. The molecule has 0 atom stereocenters. The second kappa shape index (κ2) is 3.69. The van der Waals surface area contributed by atoms with Crippen molar-refractivity contribution in [3.05, 3.63) is 26.9 Å². The number of primary amides is 1. The molecule has 0 spiro atoms. The van der Waals surface area contributed by atoms with Gasteiger partial charge in [-0.1, -0.05) is 0 Å². The van der Waals surface area contributed by atoms with Gasteiger partial charge in [-0.2, -0.15) is 0 Å². The molecule has 1 aromatic rings. The van der Waals surface area contributed by atoms with Crippen molar-refractivity contribution in [2.24, 2.45) is 5.73 Å². The van der Waals surface area contributed by atoms with Crippen LogP contribution in [0, 0.1) is 0 Å². The van der Waals surface area contributed by atoms with Gasteiger partial charge in [-0.3, -0.25) is 4.79 Å². The van der Waals surface area contributed by atoms with Crippen LogP contribution in [0.25, 0.3) is 6.08 Å². The Labute approximate surface area is 76.8 Å². The quantitative estimate of drug-likeness (QED) is 0.778. The number of carbonyl (C=O) groups is 1. The predicted octanol–water partition coefficient (Wildman–Crippen LogP) is 2.01. The Balaban J connectivity index is 2.71. The maximum atomic E-state index is 10.3. The van der Waals surface area contributed by atoms with Crippen molar-refractivity contribution in [3.63, 3.8) is 0 Å². The first kappa shape index (κ1) is 8.49. The van der Waals surface area contributed by atoms with Gasteiger partial charge in [0.25, 0.3) is 0 Å². The SMILES string of the molecule is NC(=O)C=Cc1cc(Br)cs1. The van der Waals surface area contributed by atoms with Gasteiger partial charge in [0.2, 0.25) is 5.91 Å². The summed E-state index contributed by atoms with van der Waals surface area (Å²) in [6.07, 6.45) is 3.04. The van der Waals surface area contributed by atoms with E-state index in [0.717, 1.165) is 9.35 Å². The summed E-state index contributed by atoms with van der Waals surface area (Å²) in [4.78, 5) is 11.3. The third-order valence-corrected chi connectivity index (χ3v) is 2.66. The van der Waals surface area contributed by atoms with Gasteiger partial charge in [0.15, 0.2) is 0 Å². The van der Waals surface area contributed by atoms with Crippen molar-refractivity contribution in [1.82, 2.24) is 0 Å². The number of rotatable bonds is 2. The standard InChI is InChI=1S/C7H6BrNOS/c8-5-3-6(11-4-5)1-2-7(9)10/h1-4H,(H2,9,10). The Kier molecular flexibility index (Phi) is 2.84. The van der Waals surface area contributed by atoms with Crippen LogP contribution in [0.15, 0.2) is 22.0 Å². The van der Waals surface area contributed by atoms with Crippen LogP contribution in [0.5, 0.6) is 0 Å². The zero-order chi connectivity index (χ0) is 8.27. The number of thiophene rings is 1. The van der Waals surface area contributed by atoms with Crippen LogP contribution in [0.4, 0.5) is 0 Å². The third-order valence-electron chi connectivity index (χ3n) is 1.000. The van der Waals surface area contributed by atoms with E-state index in [0.29, 0.717) is 0 Å². The van der Waals surface area contributed by atoms with Crippen LogP contribution in [0.1, 0.15) is 4.88 Å². The maximum Gasteiger partial charge on any atom is 0.241 e. The van der Waals surface area contributed by atoms with Gasteiger partial charge in [-0.05, 0) is 28.1 Å². The summed E-state index contributed by atoms with van der Waals surface area (Å²) in [5.74, 6) is -0.422. The normalized spacial score (nSPS) is 10.6. The van der Waals surface area contributed by atoms with Crippen LogP contribution in [0.3, 0.4) is 0 Å². The van der Waals surface area contributed by atoms with Crippen LogP contribution < -0.4 is 5.73 Å². The highest BCUT2D eigenvalue weighted by Gasteiger charge is 1.92.